The van der Waals surface area contributed by atoms with Crippen LogP contribution in [0.15, 0.2) is 48.5 Å². The van der Waals surface area contributed by atoms with Gasteiger partial charge in [0.2, 0.25) is 0 Å². The highest BCUT2D eigenvalue weighted by Crippen LogP contribution is 2.16. The van der Waals surface area contributed by atoms with Gasteiger partial charge >= 0.3 is 6.03 Å². The number of amides is 3. The minimum atomic E-state index is -0.284. The Morgan fingerprint density at radius 3 is 2.46 bits per heavy atom. The normalized spacial score (nSPS) is 10.3. The maximum absolute atomic E-state index is 12.0. The predicted molar refractivity (Wildman–Crippen MR) is 101 cm³/mol. The summed E-state index contributed by atoms with van der Waals surface area (Å²) in [6, 6.07) is 14.5. The first-order valence-electron chi connectivity index (χ1n) is 8.53. The first-order valence-corrected chi connectivity index (χ1v) is 8.53. The van der Waals surface area contributed by atoms with Crippen molar-refractivity contribution in [2.24, 2.45) is 0 Å². The highest BCUT2D eigenvalue weighted by Gasteiger charge is 2.08. The summed E-state index contributed by atoms with van der Waals surface area (Å²) in [5.41, 5.74) is 2.33. The minimum absolute atomic E-state index is 0.0741. The van der Waals surface area contributed by atoms with Crippen LogP contribution in [0.3, 0.4) is 0 Å². The molecule has 2 aromatic rings. The summed E-state index contributed by atoms with van der Waals surface area (Å²) in [6.07, 6.45) is 0. The van der Waals surface area contributed by atoms with E-state index in [4.69, 9.17) is 4.74 Å². The molecule has 3 N–H and O–H groups in total. The van der Waals surface area contributed by atoms with E-state index in [-0.39, 0.29) is 18.0 Å². The lowest BCUT2D eigenvalue weighted by molar-refractivity contribution is 0.0943. The van der Waals surface area contributed by atoms with Crippen molar-refractivity contribution >= 4 is 11.9 Å². The molecule has 138 valence electrons. The summed E-state index contributed by atoms with van der Waals surface area (Å²) in [4.78, 5) is 24.1. The number of carbonyl (C=O) groups is 2. The van der Waals surface area contributed by atoms with Gasteiger partial charge in [0.05, 0.1) is 7.11 Å². The molecule has 0 radical (unpaired) electrons. The summed E-state index contributed by atoms with van der Waals surface area (Å²) >= 11 is 0. The summed E-state index contributed by atoms with van der Waals surface area (Å²) in [5, 5.41) is 8.44. The van der Waals surface area contributed by atoms with Crippen LogP contribution in [-0.4, -0.2) is 25.1 Å². The molecule has 0 aliphatic rings. The first kappa shape index (κ1) is 19.3. The van der Waals surface area contributed by atoms with Crippen molar-refractivity contribution in [3.05, 3.63) is 65.2 Å². The molecule has 0 aliphatic heterocycles. The number of nitrogens with one attached hydrogen (secondary N) is 3. The zero-order valence-electron chi connectivity index (χ0n) is 15.3. The van der Waals surface area contributed by atoms with E-state index in [1.54, 1.807) is 25.3 Å². The largest absolute Gasteiger partial charge is 0.496 e. The molecule has 2 rings (SSSR count). The number of ether oxygens (including phenoxy) is 1. The fourth-order valence-electron chi connectivity index (χ4n) is 2.44. The number of hydrogen-bond donors (Lipinski definition) is 3. The highest BCUT2D eigenvalue weighted by molar-refractivity contribution is 5.94. The predicted octanol–water partition coefficient (Wildman–Crippen LogP) is 2.83. The molecule has 2 aromatic carbocycles. The first-order chi connectivity index (χ1) is 12.5. The number of rotatable bonds is 7. The van der Waals surface area contributed by atoms with Crippen molar-refractivity contribution in [2.75, 3.05) is 7.11 Å². The smallest absolute Gasteiger partial charge is 0.315 e. The van der Waals surface area contributed by atoms with Gasteiger partial charge in [0.1, 0.15) is 5.75 Å². The molecule has 0 atom stereocenters. The number of para-hydroxylation sites is 1. The highest BCUT2D eigenvalue weighted by atomic mass is 16.5. The molecule has 0 spiro atoms. The third-order valence-corrected chi connectivity index (χ3v) is 3.69. The molecule has 6 heteroatoms. The second kappa shape index (κ2) is 9.46. The van der Waals surface area contributed by atoms with Gasteiger partial charge in [-0.25, -0.2) is 4.79 Å². The van der Waals surface area contributed by atoms with Crippen LogP contribution < -0.4 is 20.7 Å². The number of carbonyl (C=O) groups excluding carboxylic acids is 2. The van der Waals surface area contributed by atoms with Gasteiger partial charge in [0.25, 0.3) is 5.91 Å². The maximum atomic E-state index is 12.0. The topological polar surface area (TPSA) is 79.5 Å². The van der Waals surface area contributed by atoms with E-state index in [2.05, 4.69) is 16.0 Å². The lowest BCUT2D eigenvalue weighted by Gasteiger charge is -2.12. The average Bonchev–Trinajstić information content (AvgIpc) is 2.64. The minimum Gasteiger partial charge on any atom is -0.496 e. The Hall–Kier alpha value is -3.02. The Labute approximate surface area is 153 Å². The SMILES string of the molecule is COc1ccccc1CNC(=O)NCc1cccc(C(=O)NC(C)C)c1. The molecule has 0 saturated carbocycles. The summed E-state index contributed by atoms with van der Waals surface area (Å²) in [7, 11) is 1.60. The van der Waals surface area contributed by atoms with Crippen LogP contribution in [0.1, 0.15) is 35.3 Å². The van der Waals surface area contributed by atoms with Crippen LogP contribution in [0.25, 0.3) is 0 Å². The molecule has 0 bridgehead atoms. The fourth-order valence-corrected chi connectivity index (χ4v) is 2.44. The van der Waals surface area contributed by atoms with Crippen LogP contribution >= 0.6 is 0 Å². The third kappa shape index (κ3) is 5.81. The second-order valence-corrected chi connectivity index (χ2v) is 6.18. The molecule has 0 saturated heterocycles. The van der Waals surface area contributed by atoms with E-state index >= 15 is 0 Å². The van der Waals surface area contributed by atoms with E-state index < -0.39 is 0 Å². The molecule has 3 amide bonds. The van der Waals surface area contributed by atoms with Gasteiger partial charge in [-0.15, -0.1) is 0 Å². The summed E-state index contributed by atoms with van der Waals surface area (Å²) in [5.74, 6) is 0.610. The summed E-state index contributed by atoms with van der Waals surface area (Å²) in [6.45, 7) is 4.53. The fraction of sp³-hybridized carbons (Fsp3) is 0.300. The molecule has 6 nitrogen and oxygen atoms in total. The van der Waals surface area contributed by atoms with E-state index in [1.165, 1.54) is 0 Å². The Morgan fingerprint density at radius 2 is 1.73 bits per heavy atom. The standard InChI is InChI=1S/C20H25N3O3/c1-14(2)23-19(24)16-9-6-7-15(11-16)12-21-20(25)22-13-17-8-4-5-10-18(17)26-3/h4-11,14H,12-13H2,1-3H3,(H,23,24)(H2,21,22,25). The molecular weight excluding hydrogens is 330 g/mol. The Bertz CT molecular complexity index is 759. The lowest BCUT2D eigenvalue weighted by Crippen LogP contribution is -2.34. The van der Waals surface area contributed by atoms with Crippen molar-refractivity contribution in [1.29, 1.82) is 0 Å². The number of methoxy groups -OCH3 is 1. The van der Waals surface area contributed by atoms with Crippen LogP contribution in [-0.2, 0) is 13.1 Å². The quantitative estimate of drug-likeness (QED) is 0.714. The third-order valence-electron chi connectivity index (χ3n) is 3.69. The Kier molecular flexibility index (Phi) is 7.02. The van der Waals surface area contributed by atoms with E-state index in [0.717, 1.165) is 16.9 Å². The molecular formula is C20H25N3O3. The van der Waals surface area contributed by atoms with Gasteiger partial charge in [-0.1, -0.05) is 30.3 Å². The number of hydrogen-bond acceptors (Lipinski definition) is 3. The molecule has 26 heavy (non-hydrogen) atoms. The zero-order chi connectivity index (χ0) is 18.9. The van der Waals surface area contributed by atoms with E-state index in [0.29, 0.717) is 18.7 Å². The molecule has 0 aromatic heterocycles. The van der Waals surface area contributed by atoms with Gasteiger partial charge in [-0.2, -0.15) is 0 Å². The van der Waals surface area contributed by atoms with Gasteiger partial charge in [-0.05, 0) is 37.6 Å². The zero-order valence-corrected chi connectivity index (χ0v) is 15.3. The number of benzene rings is 2. The Balaban J connectivity index is 1.86. The molecule has 0 aliphatic carbocycles. The van der Waals surface area contributed by atoms with Crippen LogP contribution in [0.2, 0.25) is 0 Å². The molecule has 0 fully saturated rings. The van der Waals surface area contributed by atoms with Gasteiger partial charge in [0, 0.05) is 30.3 Å². The van der Waals surface area contributed by atoms with Gasteiger partial charge < -0.3 is 20.7 Å². The van der Waals surface area contributed by atoms with E-state index in [1.807, 2.05) is 44.2 Å². The van der Waals surface area contributed by atoms with Crippen molar-refractivity contribution in [1.82, 2.24) is 16.0 Å². The maximum Gasteiger partial charge on any atom is 0.315 e. The number of urea groups is 1. The van der Waals surface area contributed by atoms with Crippen molar-refractivity contribution in [3.63, 3.8) is 0 Å². The monoisotopic (exact) mass is 355 g/mol. The second-order valence-electron chi connectivity index (χ2n) is 6.18. The van der Waals surface area contributed by atoms with Crippen molar-refractivity contribution < 1.29 is 14.3 Å². The molecule has 0 heterocycles. The van der Waals surface area contributed by atoms with Crippen LogP contribution in [0, 0.1) is 0 Å². The van der Waals surface area contributed by atoms with Crippen molar-refractivity contribution in [3.8, 4) is 5.75 Å². The van der Waals surface area contributed by atoms with Crippen molar-refractivity contribution in [2.45, 2.75) is 33.0 Å². The van der Waals surface area contributed by atoms with Gasteiger partial charge in [0.15, 0.2) is 0 Å². The summed E-state index contributed by atoms with van der Waals surface area (Å²) < 4.78 is 5.26. The van der Waals surface area contributed by atoms with E-state index in [9.17, 15) is 9.59 Å². The van der Waals surface area contributed by atoms with Gasteiger partial charge in [-0.3, -0.25) is 4.79 Å². The Morgan fingerprint density at radius 1 is 1.00 bits per heavy atom. The average molecular weight is 355 g/mol. The lowest BCUT2D eigenvalue weighted by atomic mass is 10.1. The van der Waals surface area contributed by atoms with Crippen LogP contribution in [0.4, 0.5) is 4.79 Å². The van der Waals surface area contributed by atoms with Crippen LogP contribution in [0.5, 0.6) is 5.75 Å². The molecule has 0 unspecified atom stereocenters.